The fourth-order valence-corrected chi connectivity index (χ4v) is 4.13. The topological polar surface area (TPSA) is 42.9 Å². The number of aryl methyl sites for hydroxylation is 1. The summed E-state index contributed by atoms with van der Waals surface area (Å²) < 4.78 is 0. The second kappa shape index (κ2) is 8.78. The minimum atomic E-state index is -0.0654. The highest BCUT2D eigenvalue weighted by molar-refractivity contribution is 6.42. The quantitative estimate of drug-likeness (QED) is 0.252. The Bertz CT molecular complexity index is 1510. The molecule has 160 valence electrons. The molecule has 0 atom stereocenters. The van der Waals surface area contributed by atoms with E-state index in [-0.39, 0.29) is 5.78 Å². The molecule has 0 N–H and O–H groups in total. The highest BCUT2D eigenvalue weighted by atomic mass is 35.5. The molecule has 0 saturated carbocycles. The van der Waals surface area contributed by atoms with Gasteiger partial charge in [0.1, 0.15) is 0 Å². The van der Waals surface area contributed by atoms with Crippen molar-refractivity contribution >= 4 is 40.0 Å². The molecule has 0 aliphatic rings. The van der Waals surface area contributed by atoms with E-state index in [0.29, 0.717) is 38.1 Å². The molecule has 0 unspecified atom stereocenters. The largest absolute Gasteiger partial charge is 0.289 e. The summed E-state index contributed by atoms with van der Waals surface area (Å²) in [5, 5.41) is 0.894. The van der Waals surface area contributed by atoms with Crippen LogP contribution < -0.4 is 0 Å². The number of aromatic nitrogens is 2. The van der Waals surface area contributed by atoms with Crippen molar-refractivity contribution in [3.05, 3.63) is 118 Å². The first-order valence-corrected chi connectivity index (χ1v) is 11.2. The molecule has 0 spiro atoms. The second-order valence-electron chi connectivity index (χ2n) is 7.78. The third-order valence-electron chi connectivity index (χ3n) is 5.47. The highest BCUT2D eigenvalue weighted by Gasteiger charge is 2.21. The molecule has 1 aromatic heterocycles. The SMILES string of the molecule is Cc1ccc(-c2nc3ccccc3nc2-c2ccc(Cl)c(Cl)c2)c(C(=O)c2ccccc2)c1. The van der Waals surface area contributed by atoms with Crippen LogP contribution in [-0.4, -0.2) is 15.8 Å². The third-order valence-corrected chi connectivity index (χ3v) is 6.21. The van der Waals surface area contributed by atoms with Crippen LogP contribution in [0.2, 0.25) is 10.0 Å². The van der Waals surface area contributed by atoms with E-state index < -0.39 is 0 Å². The van der Waals surface area contributed by atoms with Gasteiger partial charge >= 0.3 is 0 Å². The Balaban J connectivity index is 1.80. The number of hydrogen-bond donors (Lipinski definition) is 0. The average Bonchev–Trinajstić information content (AvgIpc) is 2.85. The number of fused-ring (bicyclic) bond motifs is 1. The van der Waals surface area contributed by atoms with Crippen LogP contribution in [-0.2, 0) is 0 Å². The maximum atomic E-state index is 13.5. The third kappa shape index (κ3) is 4.13. The first kappa shape index (κ1) is 21.3. The molecule has 0 bridgehead atoms. The molecule has 33 heavy (non-hydrogen) atoms. The minimum Gasteiger partial charge on any atom is -0.289 e. The van der Waals surface area contributed by atoms with Gasteiger partial charge in [0.15, 0.2) is 5.78 Å². The van der Waals surface area contributed by atoms with Crippen molar-refractivity contribution in [2.24, 2.45) is 0 Å². The number of carbonyl (C=O) groups excluding carboxylic acids is 1. The van der Waals surface area contributed by atoms with Gasteiger partial charge in [0.2, 0.25) is 0 Å². The lowest BCUT2D eigenvalue weighted by molar-refractivity contribution is 0.103. The van der Waals surface area contributed by atoms with Gasteiger partial charge in [0, 0.05) is 22.3 Å². The molecule has 0 fully saturated rings. The molecule has 0 amide bonds. The predicted molar refractivity (Wildman–Crippen MR) is 135 cm³/mol. The zero-order valence-corrected chi connectivity index (χ0v) is 19.2. The van der Waals surface area contributed by atoms with E-state index in [1.165, 1.54) is 0 Å². The average molecular weight is 469 g/mol. The number of carbonyl (C=O) groups is 1. The van der Waals surface area contributed by atoms with Crippen LogP contribution in [0.4, 0.5) is 0 Å². The van der Waals surface area contributed by atoms with Crippen molar-refractivity contribution in [1.29, 1.82) is 0 Å². The van der Waals surface area contributed by atoms with Crippen LogP contribution in [0.3, 0.4) is 0 Å². The van der Waals surface area contributed by atoms with Gasteiger partial charge in [0.05, 0.1) is 32.5 Å². The van der Waals surface area contributed by atoms with Crippen LogP contribution in [0.25, 0.3) is 33.5 Å². The number of benzene rings is 4. The number of nitrogens with zero attached hydrogens (tertiary/aromatic N) is 2. The lowest BCUT2D eigenvalue weighted by atomic mass is 9.92. The zero-order chi connectivity index (χ0) is 22.9. The number of rotatable bonds is 4. The van der Waals surface area contributed by atoms with Gasteiger partial charge in [-0.25, -0.2) is 9.97 Å². The maximum absolute atomic E-state index is 13.5. The molecule has 4 aromatic carbocycles. The summed E-state index contributed by atoms with van der Waals surface area (Å²) in [5.74, 6) is -0.0654. The molecule has 0 saturated heterocycles. The van der Waals surface area contributed by atoms with Crippen LogP contribution in [0.1, 0.15) is 21.5 Å². The van der Waals surface area contributed by atoms with Crippen molar-refractivity contribution in [2.75, 3.05) is 0 Å². The lowest BCUT2D eigenvalue weighted by Crippen LogP contribution is -2.06. The number of ketones is 1. The van der Waals surface area contributed by atoms with Crippen molar-refractivity contribution in [1.82, 2.24) is 9.97 Å². The van der Waals surface area contributed by atoms with Crippen molar-refractivity contribution in [3.8, 4) is 22.5 Å². The van der Waals surface area contributed by atoms with Crippen molar-refractivity contribution in [2.45, 2.75) is 6.92 Å². The zero-order valence-electron chi connectivity index (χ0n) is 17.7. The summed E-state index contributed by atoms with van der Waals surface area (Å²) in [6.45, 7) is 1.97. The van der Waals surface area contributed by atoms with Gasteiger partial charge in [-0.1, -0.05) is 89.4 Å². The standard InChI is InChI=1S/C28H18Cl2N2O/c1-17-11-13-20(21(15-17)28(33)18-7-3-2-4-8-18)27-26(19-12-14-22(29)23(30)16-19)31-24-9-5-6-10-25(24)32-27/h2-16H,1H3. The summed E-state index contributed by atoms with van der Waals surface area (Å²) >= 11 is 12.5. The lowest BCUT2D eigenvalue weighted by Gasteiger charge is -2.15. The molecule has 1 heterocycles. The molecule has 5 aromatic rings. The Kier molecular flexibility index (Phi) is 5.67. The van der Waals surface area contributed by atoms with E-state index in [1.807, 2.05) is 85.8 Å². The Hall–Kier alpha value is -3.53. The second-order valence-corrected chi connectivity index (χ2v) is 8.60. The van der Waals surface area contributed by atoms with Crippen LogP contribution in [0.15, 0.2) is 91.0 Å². The molecular formula is C28H18Cl2N2O. The summed E-state index contributed by atoms with van der Waals surface area (Å²) in [7, 11) is 0. The molecular weight excluding hydrogens is 451 g/mol. The van der Waals surface area contributed by atoms with Crippen LogP contribution >= 0.6 is 23.2 Å². The van der Waals surface area contributed by atoms with E-state index in [2.05, 4.69) is 0 Å². The smallest absolute Gasteiger partial charge is 0.193 e. The van der Waals surface area contributed by atoms with E-state index in [1.54, 1.807) is 12.1 Å². The normalized spacial score (nSPS) is 11.0. The van der Waals surface area contributed by atoms with E-state index in [4.69, 9.17) is 33.2 Å². The first-order chi connectivity index (χ1) is 16.0. The van der Waals surface area contributed by atoms with Gasteiger partial charge in [-0.2, -0.15) is 0 Å². The van der Waals surface area contributed by atoms with E-state index in [0.717, 1.165) is 22.2 Å². The first-order valence-electron chi connectivity index (χ1n) is 10.4. The summed E-state index contributed by atoms with van der Waals surface area (Å²) in [5.41, 5.74) is 6.43. The van der Waals surface area contributed by atoms with E-state index >= 15 is 0 Å². The van der Waals surface area contributed by atoms with Gasteiger partial charge in [-0.3, -0.25) is 4.79 Å². The van der Waals surface area contributed by atoms with E-state index in [9.17, 15) is 4.79 Å². The monoisotopic (exact) mass is 468 g/mol. The Labute approximate surface area is 201 Å². The van der Waals surface area contributed by atoms with Gasteiger partial charge in [-0.15, -0.1) is 0 Å². The van der Waals surface area contributed by atoms with Gasteiger partial charge in [0.25, 0.3) is 0 Å². The molecule has 5 rings (SSSR count). The Morgan fingerprint density at radius 3 is 2.06 bits per heavy atom. The molecule has 0 radical (unpaired) electrons. The van der Waals surface area contributed by atoms with Gasteiger partial charge in [-0.05, 0) is 37.3 Å². The van der Waals surface area contributed by atoms with Gasteiger partial charge < -0.3 is 0 Å². The Morgan fingerprint density at radius 2 is 1.36 bits per heavy atom. The minimum absolute atomic E-state index is 0.0654. The molecule has 0 aliphatic heterocycles. The highest BCUT2D eigenvalue weighted by Crippen LogP contribution is 2.36. The summed E-state index contributed by atoms with van der Waals surface area (Å²) in [6, 6.07) is 28.1. The fourth-order valence-electron chi connectivity index (χ4n) is 3.83. The number of halogens is 2. The number of para-hydroxylation sites is 2. The summed E-state index contributed by atoms with van der Waals surface area (Å²) in [4.78, 5) is 23.4. The number of hydrogen-bond acceptors (Lipinski definition) is 3. The maximum Gasteiger partial charge on any atom is 0.193 e. The Morgan fingerprint density at radius 1 is 0.697 bits per heavy atom. The van der Waals surface area contributed by atoms with Crippen LogP contribution in [0.5, 0.6) is 0 Å². The van der Waals surface area contributed by atoms with Crippen LogP contribution in [0, 0.1) is 6.92 Å². The molecule has 5 heteroatoms. The molecule has 3 nitrogen and oxygen atoms in total. The predicted octanol–water partition coefficient (Wildman–Crippen LogP) is 7.81. The van der Waals surface area contributed by atoms with Crippen molar-refractivity contribution < 1.29 is 4.79 Å². The fraction of sp³-hybridized carbons (Fsp3) is 0.0357. The summed E-state index contributed by atoms with van der Waals surface area (Å²) in [6.07, 6.45) is 0. The molecule has 0 aliphatic carbocycles. The van der Waals surface area contributed by atoms with Crippen molar-refractivity contribution in [3.63, 3.8) is 0 Å².